The van der Waals surface area contributed by atoms with Crippen molar-refractivity contribution in [3.05, 3.63) is 52.7 Å². The van der Waals surface area contributed by atoms with Crippen molar-refractivity contribution in [2.45, 2.75) is 25.1 Å². The Balaban J connectivity index is 1.95. The second-order valence-corrected chi connectivity index (χ2v) is 5.27. The maximum atomic E-state index is 12.7. The second kappa shape index (κ2) is 4.91. The fourth-order valence-electron chi connectivity index (χ4n) is 2.27. The standard InChI is InChI=1S/C15H14ClFN2/c16-15-11(12-7-13(12)18)4-5-14(19-15)10-3-1-2-9(6-10)8-17/h1-6,12-13H,7-8,18H2/t12-,13+/m1/s1. The van der Waals surface area contributed by atoms with Crippen LogP contribution in [0.3, 0.4) is 0 Å². The van der Waals surface area contributed by atoms with Crippen molar-refractivity contribution < 1.29 is 4.39 Å². The van der Waals surface area contributed by atoms with Crippen LogP contribution in [0.4, 0.5) is 4.39 Å². The first-order valence-electron chi connectivity index (χ1n) is 6.26. The first-order valence-corrected chi connectivity index (χ1v) is 6.64. The van der Waals surface area contributed by atoms with E-state index in [4.69, 9.17) is 17.3 Å². The average molecular weight is 277 g/mol. The van der Waals surface area contributed by atoms with Crippen LogP contribution in [0.15, 0.2) is 36.4 Å². The maximum Gasteiger partial charge on any atom is 0.133 e. The molecule has 1 aromatic carbocycles. The van der Waals surface area contributed by atoms with Gasteiger partial charge in [-0.05, 0) is 29.7 Å². The van der Waals surface area contributed by atoms with Gasteiger partial charge in [-0.15, -0.1) is 0 Å². The van der Waals surface area contributed by atoms with E-state index >= 15 is 0 Å². The zero-order valence-corrected chi connectivity index (χ0v) is 11.1. The van der Waals surface area contributed by atoms with Crippen molar-refractivity contribution in [3.63, 3.8) is 0 Å². The molecular formula is C15H14ClFN2. The lowest BCUT2D eigenvalue weighted by atomic mass is 10.1. The molecule has 98 valence electrons. The maximum absolute atomic E-state index is 12.7. The number of nitrogens with zero attached hydrogens (tertiary/aromatic N) is 1. The van der Waals surface area contributed by atoms with Crippen molar-refractivity contribution in [2.75, 3.05) is 0 Å². The predicted molar refractivity (Wildman–Crippen MR) is 74.8 cm³/mol. The molecule has 0 bridgehead atoms. The highest BCUT2D eigenvalue weighted by atomic mass is 35.5. The number of nitrogens with two attached hydrogens (primary N) is 1. The molecule has 0 amide bonds. The van der Waals surface area contributed by atoms with E-state index in [0.717, 1.165) is 23.2 Å². The number of hydrogen-bond acceptors (Lipinski definition) is 2. The molecule has 1 aliphatic rings. The Hall–Kier alpha value is -1.45. The van der Waals surface area contributed by atoms with Crippen LogP contribution in [0, 0.1) is 0 Å². The molecule has 1 saturated carbocycles. The van der Waals surface area contributed by atoms with Crippen LogP contribution >= 0.6 is 11.6 Å². The van der Waals surface area contributed by atoms with E-state index in [-0.39, 0.29) is 6.04 Å². The van der Waals surface area contributed by atoms with Crippen LogP contribution in [-0.4, -0.2) is 11.0 Å². The number of hydrogen-bond donors (Lipinski definition) is 1. The van der Waals surface area contributed by atoms with Gasteiger partial charge in [0.25, 0.3) is 0 Å². The first-order chi connectivity index (χ1) is 9.19. The zero-order valence-electron chi connectivity index (χ0n) is 10.3. The molecule has 3 rings (SSSR count). The molecule has 2 aromatic rings. The van der Waals surface area contributed by atoms with Gasteiger partial charge in [0.15, 0.2) is 0 Å². The smallest absolute Gasteiger partial charge is 0.133 e. The fourth-order valence-corrected chi connectivity index (χ4v) is 2.56. The summed E-state index contributed by atoms with van der Waals surface area (Å²) in [4.78, 5) is 4.40. The highest BCUT2D eigenvalue weighted by molar-refractivity contribution is 6.30. The average Bonchev–Trinajstić information content (AvgIpc) is 3.15. The van der Waals surface area contributed by atoms with Gasteiger partial charge in [-0.1, -0.05) is 35.9 Å². The van der Waals surface area contributed by atoms with Gasteiger partial charge in [-0.3, -0.25) is 0 Å². The molecule has 0 saturated heterocycles. The van der Waals surface area contributed by atoms with Crippen molar-refractivity contribution in [2.24, 2.45) is 5.73 Å². The second-order valence-electron chi connectivity index (χ2n) is 4.92. The summed E-state index contributed by atoms with van der Waals surface area (Å²) < 4.78 is 12.7. The Morgan fingerprint density at radius 1 is 1.32 bits per heavy atom. The number of pyridine rings is 1. The van der Waals surface area contributed by atoms with Crippen LogP contribution < -0.4 is 5.73 Å². The van der Waals surface area contributed by atoms with E-state index in [9.17, 15) is 4.39 Å². The highest BCUT2D eigenvalue weighted by Gasteiger charge is 2.36. The summed E-state index contributed by atoms with van der Waals surface area (Å²) in [7, 11) is 0. The largest absolute Gasteiger partial charge is 0.327 e. The summed E-state index contributed by atoms with van der Waals surface area (Å²) in [6.07, 6.45) is 0.970. The molecule has 0 unspecified atom stereocenters. The van der Waals surface area contributed by atoms with E-state index in [0.29, 0.717) is 16.6 Å². The van der Waals surface area contributed by atoms with Gasteiger partial charge < -0.3 is 5.73 Å². The quantitative estimate of drug-likeness (QED) is 0.869. The van der Waals surface area contributed by atoms with Crippen molar-refractivity contribution in [1.29, 1.82) is 0 Å². The number of benzene rings is 1. The van der Waals surface area contributed by atoms with Crippen molar-refractivity contribution in [3.8, 4) is 11.3 Å². The predicted octanol–water partition coefficient (Wildman–Crippen LogP) is 3.69. The summed E-state index contributed by atoms with van der Waals surface area (Å²) in [5.41, 5.74) is 9.12. The van der Waals surface area contributed by atoms with E-state index in [2.05, 4.69) is 4.98 Å². The molecule has 1 aromatic heterocycles. The van der Waals surface area contributed by atoms with E-state index in [1.807, 2.05) is 24.3 Å². The van der Waals surface area contributed by atoms with Crippen LogP contribution in [0.1, 0.15) is 23.5 Å². The third-order valence-corrected chi connectivity index (χ3v) is 3.80. The van der Waals surface area contributed by atoms with Crippen LogP contribution in [0.25, 0.3) is 11.3 Å². The zero-order chi connectivity index (χ0) is 13.4. The van der Waals surface area contributed by atoms with Gasteiger partial charge in [-0.2, -0.15) is 0 Å². The van der Waals surface area contributed by atoms with Crippen molar-refractivity contribution >= 4 is 11.6 Å². The number of rotatable bonds is 3. The van der Waals surface area contributed by atoms with E-state index < -0.39 is 6.67 Å². The molecule has 0 aliphatic heterocycles. The van der Waals surface area contributed by atoms with Crippen molar-refractivity contribution in [1.82, 2.24) is 4.98 Å². The Kier molecular flexibility index (Phi) is 3.25. The van der Waals surface area contributed by atoms with Gasteiger partial charge in [-0.25, -0.2) is 9.37 Å². The van der Waals surface area contributed by atoms with E-state index in [1.54, 1.807) is 12.1 Å². The van der Waals surface area contributed by atoms with Gasteiger partial charge in [0.1, 0.15) is 11.8 Å². The molecule has 4 heteroatoms. The Labute approximate surface area is 116 Å². The van der Waals surface area contributed by atoms with Crippen LogP contribution in [-0.2, 0) is 6.67 Å². The normalized spacial score (nSPS) is 21.4. The first kappa shape index (κ1) is 12.6. The van der Waals surface area contributed by atoms with Gasteiger partial charge in [0.2, 0.25) is 0 Å². The lowest BCUT2D eigenvalue weighted by Crippen LogP contribution is -2.02. The minimum absolute atomic E-state index is 0.208. The summed E-state index contributed by atoms with van der Waals surface area (Å²) in [6, 6.07) is 11.4. The molecule has 2 nitrogen and oxygen atoms in total. The molecule has 2 atom stereocenters. The molecule has 1 fully saturated rings. The van der Waals surface area contributed by atoms with E-state index in [1.165, 1.54) is 0 Å². The topological polar surface area (TPSA) is 38.9 Å². The van der Waals surface area contributed by atoms with Gasteiger partial charge in [0, 0.05) is 17.5 Å². The minimum atomic E-state index is -0.476. The monoisotopic (exact) mass is 276 g/mol. The summed E-state index contributed by atoms with van der Waals surface area (Å²) in [6.45, 7) is -0.476. The summed E-state index contributed by atoms with van der Waals surface area (Å²) >= 11 is 6.21. The van der Waals surface area contributed by atoms with Gasteiger partial charge >= 0.3 is 0 Å². The Bertz CT molecular complexity index is 615. The number of aromatic nitrogens is 1. The molecule has 1 aliphatic carbocycles. The molecule has 2 N–H and O–H groups in total. The lowest BCUT2D eigenvalue weighted by molar-refractivity contribution is 0.485. The molecule has 19 heavy (non-hydrogen) atoms. The Morgan fingerprint density at radius 2 is 2.11 bits per heavy atom. The molecule has 0 spiro atoms. The third kappa shape index (κ3) is 2.48. The third-order valence-electron chi connectivity index (χ3n) is 3.49. The number of alkyl halides is 1. The lowest BCUT2D eigenvalue weighted by Gasteiger charge is -2.06. The summed E-state index contributed by atoms with van der Waals surface area (Å²) in [5.74, 6) is 0.339. The molecule has 1 heterocycles. The number of halogens is 2. The minimum Gasteiger partial charge on any atom is -0.327 e. The van der Waals surface area contributed by atoms with Gasteiger partial charge in [0.05, 0.1) is 5.69 Å². The van der Waals surface area contributed by atoms with Crippen LogP contribution in [0.5, 0.6) is 0 Å². The Morgan fingerprint density at radius 3 is 2.74 bits per heavy atom. The summed E-state index contributed by atoms with van der Waals surface area (Å²) in [5, 5.41) is 0.501. The fraction of sp³-hybridized carbons (Fsp3) is 0.267. The highest BCUT2D eigenvalue weighted by Crippen LogP contribution is 2.42. The van der Waals surface area contributed by atoms with Crippen LogP contribution in [0.2, 0.25) is 5.15 Å². The molecular weight excluding hydrogens is 263 g/mol. The molecule has 0 radical (unpaired) electrons. The SMILES string of the molecule is N[C@H]1C[C@@H]1c1ccc(-c2cccc(CF)c2)nc1Cl.